The molecule has 0 unspecified atom stereocenters. The van der Waals surface area contributed by atoms with Gasteiger partial charge in [0.1, 0.15) is 0 Å². The fourth-order valence-electron chi connectivity index (χ4n) is 14.7. The largest absolute Gasteiger partial charge is 0.309 e. The molecule has 0 aliphatic heterocycles. The van der Waals surface area contributed by atoms with E-state index in [1.165, 1.54) is 88.3 Å². The number of hydrogen-bond donors (Lipinski definition) is 0. The van der Waals surface area contributed by atoms with Crippen molar-refractivity contribution in [1.29, 1.82) is 5.26 Å². The van der Waals surface area contributed by atoms with Crippen molar-refractivity contribution in [2.45, 2.75) is 118 Å². The van der Waals surface area contributed by atoms with Gasteiger partial charge in [-0.05, 0) is 215 Å². The lowest BCUT2D eigenvalue weighted by Crippen LogP contribution is -2.17. The maximum Gasteiger partial charge on any atom is 0.166 e. The summed E-state index contributed by atoms with van der Waals surface area (Å²) in [6, 6.07) is 83.5. The Kier molecular flexibility index (Phi) is 13.3. The first kappa shape index (κ1) is 58.6. The zero-order valence-corrected chi connectivity index (χ0v) is 55.9. The molecule has 0 spiro atoms. The monoisotopic (exact) mass is 1220 g/mol. The van der Waals surface area contributed by atoms with E-state index in [-0.39, 0.29) is 21.7 Å². The van der Waals surface area contributed by atoms with Crippen molar-refractivity contribution < 1.29 is 0 Å². The maximum absolute atomic E-state index is 9.99. The third-order valence-corrected chi connectivity index (χ3v) is 20.0. The summed E-state index contributed by atoms with van der Waals surface area (Å²) >= 11 is 0. The highest BCUT2D eigenvalue weighted by Gasteiger charge is 2.30. The molecule has 2 aliphatic carbocycles. The van der Waals surface area contributed by atoms with E-state index in [0.29, 0.717) is 23.0 Å². The van der Waals surface area contributed by atoms with Crippen molar-refractivity contribution in [1.82, 2.24) is 24.1 Å². The number of para-hydroxylation sites is 2. The number of hydrogen-bond acceptors (Lipinski definition) is 4. The third kappa shape index (κ3) is 9.86. The van der Waals surface area contributed by atoms with Gasteiger partial charge in [0.2, 0.25) is 0 Å². The summed E-state index contributed by atoms with van der Waals surface area (Å²) in [7, 11) is 0. The SMILES string of the molecule is CC(C)(C)c1cc(-c2nc(-c3cc(C(C)(C)C)cc(C(C)(C)C)c3)nc(-c3cc(-c4cc(-c5ccc(C#N)cc5)ccc4-n4c5ccccc5c5cc6c(cc54)Cc4ccccc4-6)ccc3-n3c4ccccc4c4cc5c(cc43)Cc3ccccc3-5)n2)cc(C(C)(C)C)c1. The van der Waals surface area contributed by atoms with Crippen molar-refractivity contribution in [3.63, 3.8) is 0 Å². The summed E-state index contributed by atoms with van der Waals surface area (Å²) in [5.74, 6) is 1.81. The molecule has 0 saturated heterocycles. The average molecular weight is 1220 g/mol. The summed E-state index contributed by atoms with van der Waals surface area (Å²) in [6.45, 7) is 27.5. The topological polar surface area (TPSA) is 72.3 Å². The molecule has 0 N–H and O–H groups in total. The number of rotatable bonds is 7. The van der Waals surface area contributed by atoms with E-state index in [9.17, 15) is 5.26 Å². The second-order valence-electron chi connectivity index (χ2n) is 30.5. The number of benzene rings is 11. The highest BCUT2D eigenvalue weighted by molar-refractivity contribution is 6.13. The van der Waals surface area contributed by atoms with Gasteiger partial charge in [-0.2, -0.15) is 5.26 Å². The van der Waals surface area contributed by atoms with Gasteiger partial charge in [0.25, 0.3) is 0 Å². The van der Waals surface area contributed by atoms with Crippen LogP contribution in [0, 0.1) is 11.3 Å². The fraction of sp³-hybridized carbons (Fsp3) is 0.205. The normalized spacial score (nSPS) is 13.0. The lowest BCUT2D eigenvalue weighted by Gasteiger charge is -2.26. The highest BCUT2D eigenvalue weighted by Crippen LogP contribution is 2.48. The molecule has 0 saturated carbocycles. The molecule has 0 fully saturated rings. The fourth-order valence-corrected chi connectivity index (χ4v) is 14.7. The predicted molar refractivity (Wildman–Crippen MR) is 392 cm³/mol. The van der Waals surface area contributed by atoms with Gasteiger partial charge in [-0.15, -0.1) is 0 Å². The minimum Gasteiger partial charge on any atom is -0.309 e. The van der Waals surface area contributed by atoms with Crippen molar-refractivity contribution in [3.05, 3.63) is 268 Å². The number of nitrogens with zero attached hydrogens (tertiary/aromatic N) is 6. The van der Waals surface area contributed by atoms with Crippen LogP contribution in [0.15, 0.2) is 218 Å². The Bertz CT molecular complexity index is 5380. The van der Waals surface area contributed by atoms with Crippen molar-refractivity contribution in [2.24, 2.45) is 0 Å². The van der Waals surface area contributed by atoms with Crippen LogP contribution < -0.4 is 0 Å². The zero-order valence-electron chi connectivity index (χ0n) is 55.9. The molecule has 458 valence electrons. The number of fused-ring (bicyclic) bond motifs is 12. The van der Waals surface area contributed by atoms with Crippen LogP contribution in [0.3, 0.4) is 0 Å². The Balaban J connectivity index is 1.03. The van der Waals surface area contributed by atoms with E-state index in [4.69, 9.17) is 15.0 Å². The Morgan fingerprint density at radius 1 is 0.298 bits per heavy atom. The second-order valence-corrected chi connectivity index (χ2v) is 30.5. The second kappa shape index (κ2) is 21.3. The lowest BCUT2D eigenvalue weighted by molar-refractivity contribution is 0.568. The van der Waals surface area contributed by atoms with Crippen LogP contribution in [-0.2, 0) is 34.5 Å². The van der Waals surface area contributed by atoms with Crippen LogP contribution in [-0.4, -0.2) is 24.1 Å². The summed E-state index contributed by atoms with van der Waals surface area (Å²) in [5.41, 5.74) is 28.8. The molecule has 6 nitrogen and oxygen atoms in total. The smallest absolute Gasteiger partial charge is 0.166 e. The molecule has 0 amide bonds. The van der Waals surface area contributed by atoms with Crippen LogP contribution in [0.5, 0.6) is 0 Å². The van der Waals surface area contributed by atoms with Gasteiger partial charge in [-0.25, -0.2) is 15.0 Å². The Labute approximate surface area is 551 Å². The molecule has 11 aromatic carbocycles. The first-order valence-electron chi connectivity index (χ1n) is 33.2. The van der Waals surface area contributed by atoms with E-state index in [2.05, 4.69) is 305 Å². The quantitative estimate of drug-likeness (QED) is 0.159. The Morgan fingerprint density at radius 3 is 1.15 bits per heavy atom. The van der Waals surface area contributed by atoms with E-state index >= 15 is 0 Å². The van der Waals surface area contributed by atoms with E-state index in [1.807, 2.05) is 12.1 Å². The third-order valence-electron chi connectivity index (χ3n) is 20.0. The summed E-state index contributed by atoms with van der Waals surface area (Å²) in [4.78, 5) is 17.4. The molecular weight excluding hydrogens is 1140 g/mol. The van der Waals surface area contributed by atoms with Crippen LogP contribution in [0.25, 0.3) is 134 Å². The van der Waals surface area contributed by atoms with Crippen molar-refractivity contribution in [2.75, 3.05) is 0 Å². The summed E-state index contributed by atoms with van der Waals surface area (Å²) < 4.78 is 4.97. The van der Waals surface area contributed by atoms with Gasteiger partial charge >= 0.3 is 0 Å². The molecule has 14 aromatic rings. The molecule has 3 heterocycles. The molecule has 0 radical (unpaired) electrons. The Hall–Kier alpha value is -10.5. The number of aromatic nitrogens is 5. The molecular formula is C88H76N6. The van der Waals surface area contributed by atoms with Gasteiger partial charge in [-0.1, -0.05) is 204 Å². The lowest BCUT2D eigenvalue weighted by atomic mass is 9.79. The summed E-state index contributed by atoms with van der Waals surface area (Å²) in [5, 5.41) is 14.8. The van der Waals surface area contributed by atoms with Crippen molar-refractivity contribution >= 4 is 43.6 Å². The molecule has 0 atom stereocenters. The summed E-state index contributed by atoms with van der Waals surface area (Å²) in [6.07, 6.45) is 1.74. The minimum atomic E-state index is -0.164. The van der Waals surface area contributed by atoms with E-state index in [1.54, 1.807) is 0 Å². The zero-order chi connectivity index (χ0) is 64.9. The van der Waals surface area contributed by atoms with Gasteiger partial charge in [0, 0.05) is 43.8 Å². The van der Waals surface area contributed by atoms with Gasteiger partial charge in [-0.3, -0.25) is 0 Å². The molecule has 16 rings (SSSR count). The molecule has 0 bridgehead atoms. The van der Waals surface area contributed by atoms with Crippen LogP contribution >= 0.6 is 0 Å². The first-order chi connectivity index (χ1) is 45.0. The standard InChI is InChI=1S/C88H76N6/c1-85(2,3)62-39-60(40-63(47-62)86(4,5)6)82-90-83(61-41-64(87(7,8)9)48-65(42-61)88(10,11)12)92-84(91-82)75-44-57(34-36-79(75)94-77-28-20-18-26-69(77)74-50-71-59(46-81(74)94)38-56-22-14-16-24-67(56)71)72-43-54(53-31-29-52(51-89)30-32-53)33-35-78(72)93-76-27-19-17-25-68(76)73-49-70-58(45-80(73)93)37-55-21-13-15-23-66(55)70/h13-36,39-50H,37-38H2,1-12H3. The van der Waals surface area contributed by atoms with Crippen molar-refractivity contribution in [3.8, 4) is 96.1 Å². The van der Waals surface area contributed by atoms with Gasteiger partial charge < -0.3 is 9.13 Å². The highest BCUT2D eigenvalue weighted by atomic mass is 15.1. The number of nitriles is 1. The molecule has 3 aromatic heterocycles. The Morgan fingerprint density at radius 2 is 0.691 bits per heavy atom. The average Bonchev–Trinajstić information content (AvgIpc) is 1.56. The molecule has 6 heteroatoms. The maximum atomic E-state index is 9.99. The van der Waals surface area contributed by atoms with Gasteiger partial charge in [0.15, 0.2) is 17.5 Å². The van der Waals surface area contributed by atoms with E-state index < -0.39 is 0 Å². The van der Waals surface area contributed by atoms with Crippen LogP contribution in [0.2, 0.25) is 0 Å². The van der Waals surface area contributed by atoms with Crippen LogP contribution in [0.4, 0.5) is 0 Å². The minimum absolute atomic E-state index is 0.164. The van der Waals surface area contributed by atoms with Crippen LogP contribution in [0.1, 0.15) is 133 Å². The molecule has 94 heavy (non-hydrogen) atoms. The first-order valence-corrected chi connectivity index (χ1v) is 33.2. The molecule has 2 aliphatic rings. The predicted octanol–water partition coefficient (Wildman–Crippen LogP) is 22.6. The van der Waals surface area contributed by atoms with Gasteiger partial charge in [0.05, 0.1) is 45.1 Å². The van der Waals surface area contributed by atoms with E-state index in [0.717, 1.165) is 85.2 Å².